The van der Waals surface area contributed by atoms with Gasteiger partial charge in [-0.25, -0.2) is 0 Å². The minimum absolute atomic E-state index is 0.0672. The second kappa shape index (κ2) is 13.4. The molecule has 0 fully saturated rings. The van der Waals surface area contributed by atoms with E-state index in [1.165, 1.54) is 23.2 Å². The summed E-state index contributed by atoms with van der Waals surface area (Å²) in [6.07, 6.45) is 7.20. The molecule has 0 aromatic heterocycles. The molecule has 0 aliphatic carbocycles. The minimum atomic E-state index is -2.82. The predicted molar refractivity (Wildman–Crippen MR) is 126 cm³/mol. The normalized spacial score (nSPS) is 12.2. The van der Waals surface area contributed by atoms with Crippen molar-refractivity contribution in [3.05, 3.63) is 60.7 Å². The molecule has 29 heavy (non-hydrogen) atoms. The van der Waals surface area contributed by atoms with Crippen LogP contribution in [0.5, 0.6) is 0 Å². The van der Waals surface area contributed by atoms with Crippen molar-refractivity contribution >= 4 is 18.9 Å². The molecule has 1 unspecified atom stereocenters. The predicted octanol–water partition coefficient (Wildman–Crippen LogP) is 5.44. The zero-order valence-electron chi connectivity index (χ0n) is 18.3. The molecular formula is C26H36O2Si. The van der Waals surface area contributed by atoms with Gasteiger partial charge < -0.3 is 8.85 Å². The van der Waals surface area contributed by atoms with Crippen LogP contribution < -0.4 is 10.4 Å². The number of unbranched alkanes of at least 4 members (excludes halogenated alkanes) is 3. The molecule has 2 aromatic carbocycles. The first-order valence-corrected chi connectivity index (χ1v) is 13.0. The molecule has 2 aromatic rings. The van der Waals surface area contributed by atoms with Crippen molar-refractivity contribution in [2.45, 2.75) is 71.8 Å². The highest BCUT2D eigenvalue weighted by Crippen LogP contribution is 2.17. The molecule has 0 heterocycles. The van der Waals surface area contributed by atoms with Crippen LogP contribution in [0.3, 0.4) is 0 Å². The third kappa shape index (κ3) is 7.15. The second-order valence-corrected chi connectivity index (χ2v) is 10.3. The van der Waals surface area contributed by atoms with Crippen LogP contribution in [0.1, 0.15) is 65.7 Å². The van der Waals surface area contributed by atoms with Crippen LogP contribution in [0, 0.1) is 11.8 Å². The van der Waals surface area contributed by atoms with Crippen molar-refractivity contribution < 1.29 is 8.85 Å². The van der Waals surface area contributed by atoms with E-state index in [1.807, 2.05) is 0 Å². The van der Waals surface area contributed by atoms with Crippen LogP contribution >= 0.6 is 0 Å². The second-order valence-electron chi connectivity index (χ2n) is 7.36. The number of hydrogen-bond donors (Lipinski definition) is 0. The first kappa shape index (κ1) is 23.4. The van der Waals surface area contributed by atoms with E-state index in [0.717, 1.165) is 38.7 Å². The Balaban J connectivity index is 2.39. The van der Waals surface area contributed by atoms with Crippen molar-refractivity contribution in [2.24, 2.45) is 0 Å². The maximum atomic E-state index is 6.93. The standard InChI is InChI=1S/C26H36O2Si/c1-4-7-9-12-18-24(6-3)28-29(27-23-17-8-5-2,25-19-13-10-14-20-25)26-21-15-11-16-22-26/h10-11,13-16,19-22,24H,4-8,17-18,23H2,1-3H3. The smallest absolute Gasteiger partial charge is 0.388 e. The maximum Gasteiger partial charge on any atom is 0.407 e. The molecule has 0 aliphatic rings. The molecule has 3 heteroatoms. The third-order valence-electron chi connectivity index (χ3n) is 4.98. The van der Waals surface area contributed by atoms with E-state index < -0.39 is 8.56 Å². The fraction of sp³-hybridized carbons (Fsp3) is 0.462. The minimum Gasteiger partial charge on any atom is -0.388 e. The van der Waals surface area contributed by atoms with Crippen molar-refractivity contribution in [1.29, 1.82) is 0 Å². The molecule has 156 valence electrons. The molecule has 0 spiro atoms. The van der Waals surface area contributed by atoms with E-state index in [1.54, 1.807) is 0 Å². The van der Waals surface area contributed by atoms with Gasteiger partial charge in [-0.15, -0.1) is 11.8 Å². The van der Waals surface area contributed by atoms with Gasteiger partial charge in [0.1, 0.15) is 0 Å². The highest BCUT2D eigenvalue weighted by Gasteiger charge is 2.44. The Kier molecular flexibility index (Phi) is 10.8. The van der Waals surface area contributed by atoms with E-state index >= 15 is 0 Å². The molecule has 2 nitrogen and oxygen atoms in total. The number of rotatable bonds is 12. The Morgan fingerprint density at radius 1 is 0.793 bits per heavy atom. The van der Waals surface area contributed by atoms with Gasteiger partial charge in [0.2, 0.25) is 0 Å². The molecule has 0 saturated heterocycles. The first-order chi connectivity index (χ1) is 14.3. The SMILES string of the molecule is CCCC#CCC(CC)O[Si](OCCCCC)(c1ccccc1)c1ccccc1. The lowest BCUT2D eigenvalue weighted by molar-refractivity contribution is 0.129. The van der Waals surface area contributed by atoms with Crippen molar-refractivity contribution in [1.82, 2.24) is 0 Å². The summed E-state index contributed by atoms with van der Waals surface area (Å²) in [5.41, 5.74) is 0. The van der Waals surface area contributed by atoms with E-state index in [-0.39, 0.29) is 6.10 Å². The van der Waals surface area contributed by atoms with E-state index in [9.17, 15) is 0 Å². The zero-order chi connectivity index (χ0) is 20.8. The summed E-state index contributed by atoms with van der Waals surface area (Å²) in [6, 6.07) is 21.1. The van der Waals surface area contributed by atoms with Crippen LogP contribution in [0.25, 0.3) is 0 Å². The average Bonchev–Trinajstić information content (AvgIpc) is 2.79. The van der Waals surface area contributed by atoms with Gasteiger partial charge in [0.05, 0.1) is 6.10 Å². The van der Waals surface area contributed by atoms with Crippen LogP contribution in [-0.4, -0.2) is 21.3 Å². The highest BCUT2D eigenvalue weighted by molar-refractivity contribution is 6.92. The van der Waals surface area contributed by atoms with Crippen molar-refractivity contribution in [3.63, 3.8) is 0 Å². The summed E-state index contributed by atoms with van der Waals surface area (Å²) >= 11 is 0. The topological polar surface area (TPSA) is 18.5 Å². The van der Waals surface area contributed by atoms with Crippen molar-refractivity contribution in [2.75, 3.05) is 6.61 Å². The molecule has 0 N–H and O–H groups in total. The molecule has 0 radical (unpaired) electrons. The van der Waals surface area contributed by atoms with E-state index in [0.29, 0.717) is 0 Å². The zero-order valence-corrected chi connectivity index (χ0v) is 19.3. The number of benzene rings is 2. The molecule has 2 rings (SSSR count). The monoisotopic (exact) mass is 408 g/mol. The van der Waals surface area contributed by atoms with Crippen LogP contribution in [-0.2, 0) is 8.85 Å². The molecular weight excluding hydrogens is 372 g/mol. The van der Waals surface area contributed by atoms with Crippen LogP contribution in [0.2, 0.25) is 0 Å². The Hall–Kier alpha value is -1.86. The van der Waals surface area contributed by atoms with Gasteiger partial charge in [-0.3, -0.25) is 0 Å². The van der Waals surface area contributed by atoms with E-state index in [4.69, 9.17) is 8.85 Å². The number of hydrogen-bond acceptors (Lipinski definition) is 2. The van der Waals surface area contributed by atoms with Crippen molar-refractivity contribution in [3.8, 4) is 11.8 Å². The lowest BCUT2D eigenvalue weighted by Crippen LogP contribution is -2.64. The Morgan fingerprint density at radius 2 is 1.41 bits per heavy atom. The summed E-state index contributed by atoms with van der Waals surface area (Å²) in [7, 11) is -2.82. The highest BCUT2D eigenvalue weighted by atomic mass is 28.4. The fourth-order valence-electron chi connectivity index (χ4n) is 3.29. The van der Waals surface area contributed by atoms with Crippen LogP contribution in [0.4, 0.5) is 0 Å². The van der Waals surface area contributed by atoms with Gasteiger partial charge in [0.15, 0.2) is 0 Å². The van der Waals surface area contributed by atoms with E-state index in [2.05, 4.69) is 93.3 Å². The maximum absolute atomic E-state index is 6.93. The van der Waals surface area contributed by atoms with Gasteiger partial charge in [0, 0.05) is 19.4 Å². The molecule has 0 aliphatic heterocycles. The Bertz CT molecular complexity index is 694. The quantitative estimate of drug-likeness (QED) is 0.264. The Morgan fingerprint density at radius 3 is 1.93 bits per heavy atom. The third-order valence-corrected chi connectivity index (χ3v) is 8.44. The summed E-state index contributed by atoms with van der Waals surface area (Å²) in [6.45, 7) is 7.28. The van der Waals surface area contributed by atoms with Gasteiger partial charge in [0.25, 0.3) is 0 Å². The molecule has 0 amide bonds. The summed E-state index contributed by atoms with van der Waals surface area (Å²) in [5.74, 6) is 6.60. The van der Waals surface area contributed by atoms with Crippen LogP contribution in [0.15, 0.2) is 60.7 Å². The lowest BCUT2D eigenvalue weighted by atomic mass is 10.2. The lowest BCUT2D eigenvalue weighted by Gasteiger charge is -2.34. The summed E-state index contributed by atoms with van der Waals surface area (Å²) in [4.78, 5) is 0. The molecule has 1 atom stereocenters. The fourth-order valence-corrected chi connectivity index (χ4v) is 6.71. The van der Waals surface area contributed by atoms with Gasteiger partial charge in [-0.2, -0.15) is 0 Å². The largest absolute Gasteiger partial charge is 0.407 e. The molecule has 0 saturated carbocycles. The van der Waals surface area contributed by atoms with Gasteiger partial charge in [-0.1, -0.05) is 94.3 Å². The summed E-state index contributed by atoms with van der Waals surface area (Å²) < 4.78 is 13.7. The molecule has 0 bridgehead atoms. The first-order valence-electron chi connectivity index (χ1n) is 11.1. The summed E-state index contributed by atoms with van der Waals surface area (Å²) in [5, 5.41) is 2.34. The average molecular weight is 409 g/mol. The van der Waals surface area contributed by atoms with Gasteiger partial charge in [-0.05, 0) is 29.6 Å². The van der Waals surface area contributed by atoms with Gasteiger partial charge >= 0.3 is 8.56 Å². The Labute approximate surface area is 178 Å².